The lowest BCUT2D eigenvalue weighted by Gasteiger charge is -2.32. The molecule has 0 radical (unpaired) electrons. The van der Waals surface area contributed by atoms with Crippen molar-refractivity contribution in [1.29, 1.82) is 0 Å². The van der Waals surface area contributed by atoms with Gasteiger partial charge in [0.25, 0.3) is 0 Å². The van der Waals surface area contributed by atoms with Crippen molar-refractivity contribution in [3.05, 3.63) is 33.8 Å². The van der Waals surface area contributed by atoms with Crippen LogP contribution >= 0.6 is 11.6 Å². The largest absolute Gasteiger partial charge is 0.296 e. The molecule has 1 heterocycles. The molecule has 1 aromatic carbocycles. The molecule has 1 aromatic rings. The van der Waals surface area contributed by atoms with E-state index in [4.69, 9.17) is 11.6 Å². The first-order chi connectivity index (χ1) is 7.99. The van der Waals surface area contributed by atoms with Crippen LogP contribution in [0.25, 0.3) is 0 Å². The third-order valence-electron chi connectivity index (χ3n) is 3.71. The van der Waals surface area contributed by atoms with Crippen molar-refractivity contribution in [2.45, 2.75) is 52.6 Å². The lowest BCUT2D eigenvalue weighted by Crippen LogP contribution is -2.35. The molecule has 0 bridgehead atoms. The fraction of sp³-hybridized carbons (Fsp3) is 0.600. The summed E-state index contributed by atoms with van der Waals surface area (Å²) >= 11 is 6.34. The van der Waals surface area contributed by atoms with E-state index in [2.05, 4.69) is 44.7 Å². The van der Waals surface area contributed by atoms with Gasteiger partial charge in [-0.15, -0.1) is 0 Å². The summed E-state index contributed by atoms with van der Waals surface area (Å²) in [5.41, 5.74) is 4.20. The summed E-state index contributed by atoms with van der Waals surface area (Å²) in [4.78, 5) is 2.53. The molecule has 0 atom stereocenters. The van der Waals surface area contributed by atoms with E-state index in [-0.39, 0.29) is 0 Å². The van der Waals surface area contributed by atoms with Gasteiger partial charge in [0.05, 0.1) is 0 Å². The van der Waals surface area contributed by atoms with Gasteiger partial charge in [0, 0.05) is 24.2 Å². The van der Waals surface area contributed by atoms with E-state index in [1.54, 1.807) is 0 Å². The van der Waals surface area contributed by atoms with Gasteiger partial charge >= 0.3 is 0 Å². The molecule has 94 valence electrons. The summed E-state index contributed by atoms with van der Waals surface area (Å²) in [5, 5.41) is 0.941. The van der Waals surface area contributed by atoms with Gasteiger partial charge in [-0.2, -0.15) is 0 Å². The Morgan fingerprint density at radius 3 is 2.41 bits per heavy atom. The van der Waals surface area contributed by atoms with Crippen LogP contribution in [0.15, 0.2) is 12.1 Å². The fourth-order valence-corrected chi connectivity index (χ4v) is 2.91. The van der Waals surface area contributed by atoms with Crippen LogP contribution < -0.4 is 0 Å². The van der Waals surface area contributed by atoms with Crippen molar-refractivity contribution in [3.63, 3.8) is 0 Å². The molecule has 0 amide bonds. The standard InChI is InChI=1S/C15H22ClN/c1-10(2)14-7-13-9-17(11(3)4)6-5-12(13)8-15(14)16/h7-8,10-11H,5-6,9H2,1-4H3. The van der Waals surface area contributed by atoms with E-state index < -0.39 is 0 Å². The molecule has 1 aliphatic rings. The zero-order valence-electron chi connectivity index (χ0n) is 11.3. The SMILES string of the molecule is CC(C)c1cc2c(cc1Cl)CCN(C(C)C)C2. The summed E-state index contributed by atoms with van der Waals surface area (Å²) in [6, 6.07) is 5.13. The molecular weight excluding hydrogens is 230 g/mol. The Hall–Kier alpha value is -0.530. The monoisotopic (exact) mass is 251 g/mol. The molecule has 2 heteroatoms. The Balaban J connectivity index is 2.33. The summed E-state index contributed by atoms with van der Waals surface area (Å²) < 4.78 is 0. The van der Waals surface area contributed by atoms with Gasteiger partial charge in [0.15, 0.2) is 0 Å². The Bertz CT molecular complexity index is 410. The van der Waals surface area contributed by atoms with Crippen molar-refractivity contribution < 1.29 is 0 Å². The molecule has 0 spiro atoms. The molecule has 0 aromatic heterocycles. The molecule has 0 fully saturated rings. The molecule has 0 saturated heterocycles. The van der Waals surface area contributed by atoms with Gasteiger partial charge < -0.3 is 0 Å². The van der Waals surface area contributed by atoms with Crippen LogP contribution in [-0.2, 0) is 13.0 Å². The van der Waals surface area contributed by atoms with Crippen molar-refractivity contribution >= 4 is 11.6 Å². The molecule has 2 rings (SSSR count). The van der Waals surface area contributed by atoms with Crippen LogP contribution in [-0.4, -0.2) is 17.5 Å². The second-order valence-corrected chi connectivity index (χ2v) is 6.02. The number of halogens is 1. The molecule has 1 nitrogen and oxygen atoms in total. The summed E-state index contributed by atoms with van der Waals surface area (Å²) in [6.07, 6.45) is 1.13. The van der Waals surface area contributed by atoms with E-state index >= 15 is 0 Å². The Morgan fingerprint density at radius 1 is 1.12 bits per heavy atom. The number of fused-ring (bicyclic) bond motifs is 1. The van der Waals surface area contributed by atoms with Crippen LogP contribution in [0.5, 0.6) is 0 Å². The van der Waals surface area contributed by atoms with Gasteiger partial charge in [-0.25, -0.2) is 0 Å². The zero-order chi connectivity index (χ0) is 12.6. The lowest BCUT2D eigenvalue weighted by atomic mass is 9.93. The number of hydrogen-bond donors (Lipinski definition) is 0. The highest BCUT2D eigenvalue weighted by Gasteiger charge is 2.20. The minimum atomic E-state index is 0.502. The average Bonchev–Trinajstić information content (AvgIpc) is 2.27. The summed E-state index contributed by atoms with van der Waals surface area (Å²) in [5.74, 6) is 0.502. The Morgan fingerprint density at radius 2 is 1.82 bits per heavy atom. The average molecular weight is 252 g/mol. The molecule has 0 aliphatic carbocycles. The second kappa shape index (κ2) is 4.99. The molecule has 0 unspecified atom stereocenters. The fourth-order valence-electron chi connectivity index (χ4n) is 2.50. The molecule has 17 heavy (non-hydrogen) atoms. The van der Waals surface area contributed by atoms with Gasteiger partial charge in [0.1, 0.15) is 0 Å². The van der Waals surface area contributed by atoms with E-state index in [0.717, 1.165) is 24.5 Å². The smallest absolute Gasteiger partial charge is 0.0443 e. The number of benzene rings is 1. The molecular formula is C15H22ClN. The quantitative estimate of drug-likeness (QED) is 0.760. The number of nitrogens with zero attached hydrogens (tertiary/aromatic N) is 1. The van der Waals surface area contributed by atoms with Crippen molar-refractivity contribution in [1.82, 2.24) is 4.90 Å². The minimum absolute atomic E-state index is 0.502. The normalized spacial score (nSPS) is 16.6. The van der Waals surface area contributed by atoms with Crippen molar-refractivity contribution in [3.8, 4) is 0 Å². The highest BCUT2D eigenvalue weighted by atomic mass is 35.5. The Kier molecular flexibility index (Phi) is 3.79. The maximum atomic E-state index is 6.34. The second-order valence-electron chi connectivity index (χ2n) is 5.61. The maximum absolute atomic E-state index is 6.34. The Labute approximate surface area is 110 Å². The minimum Gasteiger partial charge on any atom is -0.296 e. The third-order valence-corrected chi connectivity index (χ3v) is 4.04. The highest BCUT2D eigenvalue weighted by Crippen LogP contribution is 2.31. The number of hydrogen-bond acceptors (Lipinski definition) is 1. The first kappa shape index (κ1) is 12.9. The van der Waals surface area contributed by atoms with E-state index in [9.17, 15) is 0 Å². The van der Waals surface area contributed by atoms with E-state index in [0.29, 0.717) is 12.0 Å². The first-order valence-electron chi connectivity index (χ1n) is 6.54. The van der Waals surface area contributed by atoms with E-state index in [1.165, 1.54) is 16.7 Å². The third kappa shape index (κ3) is 2.66. The van der Waals surface area contributed by atoms with Crippen LogP contribution in [0.4, 0.5) is 0 Å². The van der Waals surface area contributed by atoms with Crippen LogP contribution in [0, 0.1) is 0 Å². The first-order valence-corrected chi connectivity index (χ1v) is 6.92. The van der Waals surface area contributed by atoms with Gasteiger partial charge in [-0.3, -0.25) is 4.90 Å². The van der Waals surface area contributed by atoms with Crippen LogP contribution in [0.3, 0.4) is 0 Å². The molecule has 1 aliphatic heterocycles. The maximum Gasteiger partial charge on any atom is 0.0443 e. The van der Waals surface area contributed by atoms with Crippen molar-refractivity contribution in [2.24, 2.45) is 0 Å². The van der Waals surface area contributed by atoms with Gasteiger partial charge in [0.2, 0.25) is 0 Å². The van der Waals surface area contributed by atoms with Crippen molar-refractivity contribution in [2.75, 3.05) is 6.54 Å². The number of rotatable bonds is 2. The van der Waals surface area contributed by atoms with Gasteiger partial charge in [-0.05, 0) is 48.9 Å². The molecule has 0 N–H and O–H groups in total. The topological polar surface area (TPSA) is 3.24 Å². The lowest BCUT2D eigenvalue weighted by molar-refractivity contribution is 0.203. The van der Waals surface area contributed by atoms with Crippen LogP contribution in [0.1, 0.15) is 50.3 Å². The van der Waals surface area contributed by atoms with Gasteiger partial charge in [-0.1, -0.05) is 31.5 Å². The predicted octanol–water partition coefficient (Wildman–Crippen LogP) is 4.23. The zero-order valence-corrected chi connectivity index (χ0v) is 12.0. The summed E-state index contributed by atoms with van der Waals surface area (Å²) in [7, 11) is 0. The molecule has 0 saturated carbocycles. The highest BCUT2D eigenvalue weighted by molar-refractivity contribution is 6.31. The van der Waals surface area contributed by atoms with E-state index in [1.807, 2.05) is 0 Å². The van der Waals surface area contributed by atoms with Crippen LogP contribution in [0.2, 0.25) is 5.02 Å². The summed E-state index contributed by atoms with van der Waals surface area (Å²) in [6.45, 7) is 11.2. The predicted molar refractivity (Wildman–Crippen MR) is 74.8 cm³/mol.